The van der Waals surface area contributed by atoms with Crippen molar-refractivity contribution in [1.82, 2.24) is 25.1 Å². The number of nitrogens with zero attached hydrogens (tertiary/aromatic N) is 4. The first-order valence-electron chi connectivity index (χ1n) is 12.5. The van der Waals surface area contributed by atoms with Crippen LogP contribution in [0.3, 0.4) is 0 Å². The van der Waals surface area contributed by atoms with Gasteiger partial charge in [-0.05, 0) is 58.0 Å². The van der Waals surface area contributed by atoms with Gasteiger partial charge in [0, 0.05) is 29.8 Å². The van der Waals surface area contributed by atoms with Crippen molar-refractivity contribution >= 4 is 28.3 Å². The van der Waals surface area contributed by atoms with Crippen molar-refractivity contribution in [3.05, 3.63) is 54.9 Å². The van der Waals surface area contributed by atoms with Crippen molar-refractivity contribution < 1.29 is 19.0 Å². The van der Waals surface area contributed by atoms with Gasteiger partial charge in [-0.2, -0.15) is 5.10 Å². The third-order valence-electron chi connectivity index (χ3n) is 5.38. The molecular formula is C28H34N6O4. The van der Waals surface area contributed by atoms with Gasteiger partial charge in [-0.15, -0.1) is 0 Å². The number of ether oxygens (including phenoxy) is 3. The summed E-state index contributed by atoms with van der Waals surface area (Å²) in [6, 6.07) is 13.1. The lowest BCUT2D eigenvalue weighted by Crippen LogP contribution is -2.43. The summed E-state index contributed by atoms with van der Waals surface area (Å²) in [6.45, 7) is 9.40. The average Bonchev–Trinajstić information content (AvgIpc) is 3.33. The molecule has 0 radical (unpaired) electrons. The Morgan fingerprint density at radius 3 is 2.63 bits per heavy atom. The van der Waals surface area contributed by atoms with E-state index >= 15 is 0 Å². The molecule has 4 rings (SSSR count). The fourth-order valence-corrected chi connectivity index (χ4v) is 3.79. The maximum atomic E-state index is 12.2. The van der Waals surface area contributed by atoms with Crippen molar-refractivity contribution in [2.45, 2.75) is 39.8 Å². The lowest BCUT2D eigenvalue weighted by atomic mass is 10.1. The molecule has 38 heavy (non-hydrogen) atoms. The molecule has 200 valence electrons. The number of rotatable bonds is 11. The van der Waals surface area contributed by atoms with Gasteiger partial charge in [-0.3, -0.25) is 9.48 Å². The SMILES string of the molecule is CCOc1ccc2nc(-c3cccc(OCC(=O)NC(C)(C)C)c3)nc(Nc3cnn(CCOC)c3)c2c1. The zero-order valence-corrected chi connectivity index (χ0v) is 22.4. The molecule has 0 saturated carbocycles. The van der Waals surface area contributed by atoms with E-state index in [2.05, 4.69) is 15.7 Å². The predicted octanol–water partition coefficient (Wildman–Crippen LogP) is 4.58. The number of amides is 1. The van der Waals surface area contributed by atoms with Gasteiger partial charge in [-0.25, -0.2) is 9.97 Å². The molecule has 2 heterocycles. The molecule has 0 spiro atoms. The van der Waals surface area contributed by atoms with Gasteiger partial charge in [0.15, 0.2) is 12.4 Å². The molecule has 10 heteroatoms. The van der Waals surface area contributed by atoms with E-state index in [1.807, 2.05) is 70.3 Å². The van der Waals surface area contributed by atoms with Gasteiger partial charge < -0.3 is 24.8 Å². The topological polar surface area (TPSA) is 112 Å². The molecule has 0 atom stereocenters. The van der Waals surface area contributed by atoms with Crippen LogP contribution in [0.5, 0.6) is 11.5 Å². The number of carbonyl (C=O) groups is 1. The Hall–Kier alpha value is -4.18. The standard InChI is InChI=1S/C28H34N6O4/c1-6-37-22-10-11-24-23(15-22)27(30-20-16-29-34(17-20)12-13-36-5)32-26(31-24)19-8-7-9-21(14-19)38-18-25(35)33-28(2,3)4/h7-11,14-17H,6,12-13,18H2,1-5H3,(H,33,35)(H,30,31,32). The number of hydrogen-bond acceptors (Lipinski definition) is 8. The summed E-state index contributed by atoms with van der Waals surface area (Å²) >= 11 is 0. The maximum absolute atomic E-state index is 12.2. The zero-order chi connectivity index (χ0) is 27.1. The van der Waals surface area contributed by atoms with Crippen molar-refractivity contribution in [3.63, 3.8) is 0 Å². The summed E-state index contributed by atoms with van der Waals surface area (Å²) in [5, 5.41) is 11.5. The summed E-state index contributed by atoms with van der Waals surface area (Å²) in [6.07, 6.45) is 3.64. The molecular weight excluding hydrogens is 484 g/mol. The Balaban J connectivity index is 1.64. The molecule has 4 aromatic rings. The third kappa shape index (κ3) is 7.19. The highest BCUT2D eigenvalue weighted by atomic mass is 16.5. The Morgan fingerprint density at radius 1 is 1.05 bits per heavy atom. The molecule has 0 bridgehead atoms. The van der Waals surface area contributed by atoms with Crippen LogP contribution in [0.15, 0.2) is 54.9 Å². The molecule has 2 aromatic heterocycles. The molecule has 0 aliphatic rings. The minimum Gasteiger partial charge on any atom is -0.494 e. The third-order valence-corrected chi connectivity index (χ3v) is 5.38. The second-order valence-corrected chi connectivity index (χ2v) is 9.73. The number of methoxy groups -OCH3 is 1. The van der Waals surface area contributed by atoms with Gasteiger partial charge >= 0.3 is 0 Å². The molecule has 0 fully saturated rings. The Bertz CT molecular complexity index is 1400. The molecule has 0 saturated heterocycles. The second kappa shape index (κ2) is 11.9. The monoisotopic (exact) mass is 518 g/mol. The van der Waals surface area contributed by atoms with Crippen LogP contribution in [-0.4, -0.2) is 58.1 Å². The first kappa shape index (κ1) is 26.9. The zero-order valence-electron chi connectivity index (χ0n) is 22.4. The largest absolute Gasteiger partial charge is 0.494 e. The predicted molar refractivity (Wildman–Crippen MR) is 147 cm³/mol. The Morgan fingerprint density at radius 2 is 1.87 bits per heavy atom. The minimum absolute atomic E-state index is 0.0840. The van der Waals surface area contributed by atoms with E-state index in [1.165, 1.54) is 0 Å². The highest BCUT2D eigenvalue weighted by Gasteiger charge is 2.15. The van der Waals surface area contributed by atoms with Gasteiger partial charge in [0.25, 0.3) is 5.91 Å². The van der Waals surface area contributed by atoms with Crippen LogP contribution in [0.4, 0.5) is 11.5 Å². The summed E-state index contributed by atoms with van der Waals surface area (Å²) < 4.78 is 18.4. The van der Waals surface area contributed by atoms with Gasteiger partial charge in [0.05, 0.1) is 37.2 Å². The van der Waals surface area contributed by atoms with Crippen LogP contribution < -0.4 is 20.1 Å². The average molecular weight is 519 g/mol. The molecule has 1 amide bonds. The van der Waals surface area contributed by atoms with E-state index < -0.39 is 0 Å². The summed E-state index contributed by atoms with van der Waals surface area (Å²) in [4.78, 5) is 21.8. The van der Waals surface area contributed by atoms with Gasteiger partial charge in [-0.1, -0.05) is 12.1 Å². The summed E-state index contributed by atoms with van der Waals surface area (Å²) in [5.74, 6) is 2.23. The second-order valence-electron chi connectivity index (χ2n) is 9.73. The smallest absolute Gasteiger partial charge is 0.258 e. The quantitative estimate of drug-likeness (QED) is 0.297. The van der Waals surface area contributed by atoms with Crippen LogP contribution >= 0.6 is 0 Å². The first-order chi connectivity index (χ1) is 18.2. The molecule has 0 aliphatic heterocycles. The van der Waals surface area contributed by atoms with Crippen molar-refractivity contribution in [3.8, 4) is 22.9 Å². The van der Waals surface area contributed by atoms with Gasteiger partial charge in [0.1, 0.15) is 17.3 Å². The van der Waals surface area contributed by atoms with Gasteiger partial charge in [0.2, 0.25) is 0 Å². The normalized spacial score (nSPS) is 11.4. The lowest BCUT2D eigenvalue weighted by molar-refractivity contribution is -0.124. The number of carbonyl (C=O) groups excluding carboxylic acids is 1. The highest BCUT2D eigenvalue weighted by Crippen LogP contribution is 2.31. The first-order valence-corrected chi connectivity index (χ1v) is 12.5. The van der Waals surface area contributed by atoms with E-state index in [1.54, 1.807) is 24.1 Å². The van der Waals surface area contributed by atoms with Crippen molar-refractivity contribution in [2.75, 3.05) is 32.2 Å². The fourth-order valence-electron chi connectivity index (χ4n) is 3.79. The number of hydrogen-bond donors (Lipinski definition) is 2. The van der Waals surface area contributed by atoms with E-state index in [0.717, 1.165) is 27.9 Å². The highest BCUT2D eigenvalue weighted by molar-refractivity contribution is 5.93. The molecule has 10 nitrogen and oxygen atoms in total. The Labute approximate surface area is 222 Å². The number of benzene rings is 2. The van der Waals surface area contributed by atoms with Crippen LogP contribution in [0.25, 0.3) is 22.3 Å². The molecule has 0 unspecified atom stereocenters. The van der Waals surface area contributed by atoms with E-state index in [0.29, 0.717) is 37.2 Å². The number of aromatic nitrogens is 4. The number of anilines is 2. The maximum Gasteiger partial charge on any atom is 0.258 e. The summed E-state index contributed by atoms with van der Waals surface area (Å²) in [7, 11) is 1.66. The van der Waals surface area contributed by atoms with Crippen LogP contribution in [-0.2, 0) is 16.1 Å². The molecule has 0 aliphatic carbocycles. The Kier molecular flexibility index (Phi) is 8.42. The van der Waals surface area contributed by atoms with E-state index in [-0.39, 0.29) is 18.1 Å². The molecule has 2 aromatic carbocycles. The number of nitrogens with one attached hydrogen (secondary N) is 2. The van der Waals surface area contributed by atoms with Crippen LogP contribution in [0.2, 0.25) is 0 Å². The summed E-state index contributed by atoms with van der Waals surface area (Å²) in [5.41, 5.74) is 1.97. The van der Waals surface area contributed by atoms with E-state index in [9.17, 15) is 4.79 Å². The van der Waals surface area contributed by atoms with Crippen LogP contribution in [0.1, 0.15) is 27.7 Å². The van der Waals surface area contributed by atoms with Crippen LogP contribution in [0, 0.1) is 0 Å². The van der Waals surface area contributed by atoms with E-state index in [4.69, 9.17) is 24.2 Å². The van der Waals surface area contributed by atoms with Crippen molar-refractivity contribution in [1.29, 1.82) is 0 Å². The lowest BCUT2D eigenvalue weighted by Gasteiger charge is -2.20. The van der Waals surface area contributed by atoms with Crippen molar-refractivity contribution in [2.24, 2.45) is 0 Å². The molecule has 2 N–H and O–H groups in total. The minimum atomic E-state index is -0.326. The number of fused-ring (bicyclic) bond motifs is 1. The fraction of sp³-hybridized carbons (Fsp3) is 0.357.